The summed E-state index contributed by atoms with van der Waals surface area (Å²) in [5.74, 6) is 0.220. The Hall–Kier alpha value is -2.99. The second-order valence-electron chi connectivity index (χ2n) is 5.02. The molecule has 0 amide bonds. The zero-order chi connectivity index (χ0) is 16.5. The fraction of sp³-hybridized carbons (Fsp3) is 0. The number of aromatic nitrogens is 4. The lowest BCUT2D eigenvalue weighted by atomic mass is 10.0. The molecule has 0 spiro atoms. The van der Waals surface area contributed by atoms with Gasteiger partial charge in [0.1, 0.15) is 11.6 Å². The zero-order valence-corrected chi connectivity index (χ0v) is 13.0. The van der Waals surface area contributed by atoms with Gasteiger partial charge >= 0.3 is 0 Å². The smallest absolute Gasteiger partial charge is 0.246 e. The summed E-state index contributed by atoms with van der Waals surface area (Å²) in [5, 5.41) is 11.9. The molecule has 0 unspecified atom stereocenters. The fourth-order valence-electron chi connectivity index (χ4n) is 2.35. The molecule has 0 atom stereocenters. The molecule has 0 aliphatic heterocycles. The van der Waals surface area contributed by atoms with Crippen molar-refractivity contribution in [1.29, 1.82) is 0 Å². The quantitative estimate of drug-likeness (QED) is 0.555. The third-order valence-corrected chi connectivity index (χ3v) is 3.68. The van der Waals surface area contributed by atoms with Crippen LogP contribution in [0.2, 0.25) is 5.28 Å². The Balaban J connectivity index is 1.78. The first-order valence-electron chi connectivity index (χ1n) is 7.11. The van der Waals surface area contributed by atoms with Crippen LogP contribution in [0.15, 0.2) is 60.7 Å². The van der Waals surface area contributed by atoms with Crippen molar-refractivity contribution >= 4 is 17.2 Å². The number of hydrogen-bond donors (Lipinski definition) is 0. The molecule has 0 fully saturated rings. The molecule has 2 aromatic carbocycles. The minimum atomic E-state index is -0.395. The Bertz CT molecular complexity index is 1020. The predicted octanol–water partition coefficient (Wildman–Crippen LogP) is 4.38. The highest BCUT2D eigenvalue weighted by Crippen LogP contribution is 2.33. The van der Waals surface area contributed by atoms with E-state index in [1.165, 1.54) is 16.6 Å². The molecule has 0 radical (unpaired) electrons. The van der Waals surface area contributed by atoms with Crippen molar-refractivity contribution < 1.29 is 9.13 Å². The monoisotopic (exact) mass is 340 g/mol. The van der Waals surface area contributed by atoms with Gasteiger partial charge < -0.3 is 4.74 Å². The second kappa shape index (κ2) is 5.90. The highest BCUT2D eigenvalue weighted by Gasteiger charge is 2.11. The maximum atomic E-state index is 13.7. The van der Waals surface area contributed by atoms with Gasteiger partial charge in [-0.2, -0.15) is 4.52 Å². The van der Waals surface area contributed by atoms with Gasteiger partial charge in [0.25, 0.3) is 0 Å². The minimum Gasteiger partial charge on any atom is -0.437 e. The summed E-state index contributed by atoms with van der Waals surface area (Å²) in [5.41, 5.74) is 2.17. The second-order valence-corrected chi connectivity index (χ2v) is 5.36. The number of benzene rings is 2. The first-order valence-corrected chi connectivity index (χ1v) is 7.49. The molecular weight excluding hydrogens is 331 g/mol. The molecule has 7 heteroatoms. The lowest BCUT2D eigenvalue weighted by molar-refractivity contribution is 0.450. The van der Waals surface area contributed by atoms with E-state index in [1.54, 1.807) is 18.2 Å². The van der Waals surface area contributed by atoms with E-state index in [9.17, 15) is 4.39 Å². The number of fused-ring (bicyclic) bond motifs is 1. The van der Waals surface area contributed by atoms with Gasteiger partial charge in [0.2, 0.25) is 11.2 Å². The van der Waals surface area contributed by atoms with E-state index in [0.29, 0.717) is 11.4 Å². The van der Waals surface area contributed by atoms with Gasteiger partial charge in [0, 0.05) is 17.7 Å². The number of ether oxygens (including phenoxy) is 1. The Morgan fingerprint density at radius 3 is 2.62 bits per heavy atom. The van der Waals surface area contributed by atoms with E-state index in [4.69, 9.17) is 16.3 Å². The van der Waals surface area contributed by atoms with E-state index in [2.05, 4.69) is 15.3 Å². The normalized spacial score (nSPS) is 10.9. The fourth-order valence-corrected chi connectivity index (χ4v) is 2.51. The van der Waals surface area contributed by atoms with Crippen LogP contribution in [0.5, 0.6) is 11.6 Å². The molecule has 0 saturated carbocycles. The first-order chi connectivity index (χ1) is 11.7. The van der Waals surface area contributed by atoms with Crippen LogP contribution in [0.25, 0.3) is 16.8 Å². The topological polar surface area (TPSA) is 52.3 Å². The molecule has 0 aliphatic carbocycles. The molecule has 0 N–H and O–H groups in total. The van der Waals surface area contributed by atoms with E-state index >= 15 is 0 Å². The minimum absolute atomic E-state index is 0.123. The molecule has 0 aliphatic rings. The van der Waals surface area contributed by atoms with Crippen molar-refractivity contribution in [2.24, 2.45) is 0 Å². The van der Waals surface area contributed by atoms with Crippen molar-refractivity contribution in [1.82, 2.24) is 19.8 Å². The van der Waals surface area contributed by atoms with Gasteiger partial charge in [-0.15, -0.1) is 15.3 Å². The molecule has 2 aromatic heterocycles. The van der Waals surface area contributed by atoms with Crippen LogP contribution in [0.1, 0.15) is 0 Å². The number of hydrogen-bond acceptors (Lipinski definition) is 4. The molecule has 4 aromatic rings. The van der Waals surface area contributed by atoms with Crippen LogP contribution >= 0.6 is 11.6 Å². The average molecular weight is 341 g/mol. The molecular formula is C17H10ClFN4O. The van der Waals surface area contributed by atoms with Gasteiger partial charge in [0.05, 0.1) is 0 Å². The van der Waals surface area contributed by atoms with Crippen molar-refractivity contribution in [3.05, 3.63) is 71.8 Å². The summed E-state index contributed by atoms with van der Waals surface area (Å²) in [6, 6.07) is 17.3. The van der Waals surface area contributed by atoms with Crippen molar-refractivity contribution in [2.45, 2.75) is 0 Å². The maximum absolute atomic E-state index is 13.7. The molecule has 5 nitrogen and oxygen atoms in total. The van der Waals surface area contributed by atoms with Gasteiger partial charge in [-0.05, 0) is 35.4 Å². The molecule has 4 rings (SSSR count). The van der Waals surface area contributed by atoms with Crippen LogP contribution in [-0.4, -0.2) is 19.8 Å². The van der Waals surface area contributed by atoms with Crippen molar-refractivity contribution in [3.63, 3.8) is 0 Å². The van der Waals surface area contributed by atoms with Crippen LogP contribution in [0.4, 0.5) is 4.39 Å². The number of nitrogens with zero attached hydrogens (tertiary/aromatic N) is 4. The molecule has 118 valence electrons. The third-order valence-electron chi connectivity index (χ3n) is 3.44. The first kappa shape index (κ1) is 14.6. The summed E-state index contributed by atoms with van der Waals surface area (Å²) in [7, 11) is 0. The summed E-state index contributed by atoms with van der Waals surface area (Å²) >= 11 is 5.91. The lowest BCUT2D eigenvalue weighted by Gasteiger charge is -2.11. The number of rotatable bonds is 3. The molecule has 0 saturated heterocycles. The Morgan fingerprint density at radius 2 is 1.79 bits per heavy atom. The van der Waals surface area contributed by atoms with E-state index in [-0.39, 0.29) is 11.2 Å². The van der Waals surface area contributed by atoms with Crippen molar-refractivity contribution in [2.75, 3.05) is 0 Å². The Morgan fingerprint density at radius 1 is 0.958 bits per heavy atom. The van der Waals surface area contributed by atoms with E-state index < -0.39 is 5.82 Å². The molecule has 2 heterocycles. The molecule has 0 bridgehead atoms. The van der Waals surface area contributed by atoms with Crippen LogP contribution in [-0.2, 0) is 0 Å². The van der Waals surface area contributed by atoms with Gasteiger partial charge in [-0.1, -0.05) is 30.3 Å². The molecule has 24 heavy (non-hydrogen) atoms. The van der Waals surface area contributed by atoms with Crippen molar-refractivity contribution in [3.8, 4) is 22.8 Å². The van der Waals surface area contributed by atoms with E-state index in [1.807, 2.05) is 30.3 Å². The maximum Gasteiger partial charge on any atom is 0.246 e. The highest BCUT2D eigenvalue weighted by molar-refractivity contribution is 6.28. The predicted molar refractivity (Wildman–Crippen MR) is 87.7 cm³/mol. The summed E-state index contributed by atoms with van der Waals surface area (Å²) in [6.07, 6.45) is 0. The highest BCUT2D eigenvalue weighted by atomic mass is 35.5. The largest absolute Gasteiger partial charge is 0.437 e. The van der Waals surface area contributed by atoms with Gasteiger partial charge in [0.15, 0.2) is 5.65 Å². The standard InChI is InChI=1S/C17H10ClFN4O/c18-17-21-20-15-8-9-16(22-23(15)17)24-14-10-12(19)6-7-13(14)11-4-2-1-3-5-11/h1-10H. The SMILES string of the molecule is Fc1ccc(-c2ccccc2)c(Oc2ccc3nnc(Cl)n3n2)c1. The van der Waals surface area contributed by atoms with Crippen LogP contribution in [0, 0.1) is 5.82 Å². The average Bonchev–Trinajstić information content (AvgIpc) is 2.97. The zero-order valence-electron chi connectivity index (χ0n) is 12.2. The summed E-state index contributed by atoms with van der Waals surface area (Å²) in [4.78, 5) is 0. The van der Waals surface area contributed by atoms with Crippen LogP contribution < -0.4 is 4.74 Å². The summed E-state index contributed by atoms with van der Waals surface area (Å²) in [6.45, 7) is 0. The van der Waals surface area contributed by atoms with E-state index in [0.717, 1.165) is 11.1 Å². The Labute approximate surface area is 141 Å². The lowest BCUT2D eigenvalue weighted by Crippen LogP contribution is -1.97. The third kappa shape index (κ3) is 2.68. The van der Waals surface area contributed by atoms with Crippen LogP contribution in [0.3, 0.4) is 0 Å². The number of halogens is 2. The summed E-state index contributed by atoms with van der Waals surface area (Å²) < 4.78 is 20.8. The van der Waals surface area contributed by atoms with Gasteiger partial charge in [-0.25, -0.2) is 4.39 Å². The Kier molecular flexibility index (Phi) is 3.59. The van der Waals surface area contributed by atoms with Gasteiger partial charge in [-0.3, -0.25) is 0 Å².